The molecule has 44 heavy (non-hydrogen) atoms. The van der Waals surface area contributed by atoms with Gasteiger partial charge in [0, 0.05) is 66.8 Å². The fourth-order valence-corrected chi connectivity index (χ4v) is 6.79. The number of aliphatic carboxylic acids is 1. The number of halogens is 5. The normalized spacial score (nSPS) is 19.7. The van der Waals surface area contributed by atoms with E-state index in [1.54, 1.807) is 4.90 Å². The Bertz CT molecular complexity index is 1460. The van der Waals surface area contributed by atoms with Crippen molar-refractivity contribution in [3.63, 3.8) is 0 Å². The van der Waals surface area contributed by atoms with E-state index < -0.39 is 23.5 Å². The zero-order chi connectivity index (χ0) is 30.9. The molecule has 2 aromatic heterocycles. The fraction of sp³-hybridized carbons (Fsp3) is 0.517. The molecule has 2 aliphatic heterocycles. The third-order valence-electron chi connectivity index (χ3n) is 7.97. The number of aromatic nitrogens is 3. The molecule has 1 aromatic carbocycles. The molecule has 0 radical (unpaired) electrons. The Morgan fingerprint density at radius 1 is 1.11 bits per heavy atom. The number of likely N-dealkylation sites (tertiary alicyclic amines) is 1. The third kappa shape index (κ3) is 7.76. The summed E-state index contributed by atoms with van der Waals surface area (Å²) in [5.74, 6) is -1.54. The van der Waals surface area contributed by atoms with Crippen LogP contribution in [0, 0.1) is 5.82 Å². The minimum absolute atomic E-state index is 0. The molecular formula is C29H36ClF4N7O2S. The lowest BCUT2D eigenvalue weighted by Gasteiger charge is -2.35. The maximum Gasteiger partial charge on any atom is 0.416 e. The zero-order valence-electron chi connectivity index (χ0n) is 23.7. The van der Waals surface area contributed by atoms with Crippen LogP contribution in [0.2, 0.25) is 5.02 Å². The summed E-state index contributed by atoms with van der Waals surface area (Å²) < 4.78 is 56.6. The number of carboxylic acid groups (broad SMARTS) is 1. The number of nitrogens with zero attached hydrogens (tertiary/aromatic N) is 6. The number of carboxylic acids is 1. The van der Waals surface area contributed by atoms with E-state index in [0.717, 1.165) is 29.9 Å². The minimum atomic E-state index is -4.59. The first-order valence-electron chi connectivity index (χ1n) is 14.0. The Morgan fingerprint density at radius 2 is 1.80 bits per heavy atom. The summed E-state index contributed by atoms with van der Waals surface area (Å²) >= 11 is 7.35. The summed E-state index contributed by atoms with van der Waals surface area (Å²) in [5.41, 5.74) is -0.303. The second kappa shape index (κ2) is 13.9. The van der Waals surface area contributed by atoms with Crippen molar-refractivity contribution in [2.75, 3.05) is 42.9 Å². The largest absolute Gasteiger partial charge is 0.481 e. The van der Waals surface area contributed by atoms with Gasteiger partial charge in [-0.05, 0) is 44.9 Å². The smallest absolute Gasteiger partial charge is 0.416 e. The van der Waals surface area contributed by atoms with Crippen LogP contribution in [-0.2, 0) is 17.5 Å². The molecule has 2 fully saturated rings. The number of hydrogen-bond donors (Lipinski definition) is 2. The number of alkyl halides is 3. The maximum atomic E-state index is 15.7. The Kier molecular flexibility index (Phi) is 10.7. The lowest BCUT2D eigenvalue weighted by atomic mass is 10.1. The number of carbonyl (C=O) groups is 1. The SMILES string of the molecule is C.C[C@@H]1CC[C@@H](C)N1Cc1sc(Nc2ncnc(N3CCN(CCC(=O)O)CC3)c2F)nc1-c1cc(Cl)cc(C(F)(F)F)c1. The van der Waals surface area contributed by atoms with E-state index in [1.165, 1.54) is 23.7 Å². The average molecular weight is 658 g/mol. The Labute approximate surface area is 262 Å². The van der Waals surface area contributed by atoms with Gasteiger partial charge < -0.3 is 15.3 Å². The molecule has 2 saturated heterocycles. The molecule has 9 nitrogen and oxygen atoms in total. The number of nitrogens with one attached hydrogen (secondary N) is 1. The van der Waals surface area contributed by atoms with Gasteiger partial charge in [0.25, 0.3) is 0 Å². The van der Waals surface area contributed by atoms with Gasteiger partial charge in [-0.1, -0.05) is 30.4 Å². The Balaban J connectivity index is 0.00000442. The molecule has 0 amide bonds. The quantitative estimate of drug-likeness (QED) is 0.242. The highest BCUT2D eigenvalue weighted by atomic mass is 35.5. The van der Waals surface area contributed by atoms with Crippen LogP contribution in [0.4, 0.5) is 34.3 Å². The van der Waals surface area contributed by atoms with Gasteiger partial charge in [-0.3, -0.25) is 14.6 Å². The lowest BCUT2D eigenvalue weighted by Crippen LogP contribution is -2.47. The number of rotatable bonds is 9. The van der Waals surface area contributed by atoms with E-state index >= 15 is 4.39 Å². The average Bonchev–Trinajstić information content (AvgIpc) is 3.50. The van der Waals surface area contributed by atoms with Gasteiger partial charge in [-0.25, -0.2) is 15.0 Å². The number of hydrogen-bond acceptors (Lipinski definition) is 9. The molecule has 240 valence electrons. The first kappa shape index (κ1) is 33.8. The molecular weight excluding hydrogens is 622 g/mol. The van der Waals surface area contributed by atoms with Crippen LogP contribution in [0.5, 0.6) is 0 Å². The van der Waals surface area contributed by atoms with Crippen LogP contribution in [0.3, 0.4) is 0 Å². The number of piperazine rings is 1. The molecule has 15 heteroatoms. The van der Waals surface area contributed by atoms with Gasteiger partial charge in [0.2, 0.25) is 5.82 Å². The highest BCUT2D eigenvalue weighted by Crippen LogP contribution is 2.40. The predicted octanol–water partition coefficient (Wildman–Crippen LogP) is 6.76. The van der Waals surface area contributed by atoms with Gasteiger partial charge in [-0.2, -0.15) is 17.6 Å². The predicted molar refractivity (Wildman–Crippen MR) is 164 cm³/mol. The second-order valence-corrected chi connectivity index (χ2v) is 12.4. The summed E-state index contributed by atoms with van der Waals surface area (Å²) in [7, 11) is 0. The Morgan fingerprint density at radius 3 is 2.43 bits per heavy atom. The molecule has 3 aromatic rings. The second-order valence-electron chi connectivity index (χ2n) is 10.9. The summed E-state index contributed by atoms with van der Waals surface area (Å²) in [4.78, 5) is 30.5. The third-order valence-corrected chi connectivity index (χ3v) is 9.14. The maximum absolute atomic E-state index is 15.7. The van der Waals surface area contributed by atoms with Crippen LogP contribution < -0.4 is 10.2 Å². The fourth-order valence-electron chi connectivity index (χ4n) is 5.56. The zero-order valence-corrected chi connectivity index (χ0v) is 25.2. The monoisotopic (exact) mass is 657 g/mol. The number of anilines is 3. The lowest BCUT2D eigenvalue weighted by molar-refractivity contribution is -0.138. The van der Waals surface area contributed by atoms with Crippen molar-refractivity contribution in [3.05, 3.63) is 45.8 Å². The molecule has 0 saturated carbocycles. The highest BCUT2D eigenvalue weighted by Gasteiger charge is 2.33. The first-order chi connectivity index (χ1) is 20.4. The van der Waals surface area contributed by atoms with Crippen LogP contribution in [0.25, 0.3) is 11.3 Å². The number of benzene rings is 1. The van der Waals surface area contributed by atoms with Crippen molar-refractivity contribution in [3.8, 4) is 11.3 Å². The summed E-state index contributed by atoms with van der Waals surface area (Å²) in [6, 6.07) is 3.95. The van der Waals surface area contributed by atoms with Gasteiger partial charge in [0.05, 0.1) is 17.7 Å². The van der Waals surface area contributed by atoms with Gasteiger partial charge in [0.1, 0.15) is 6.33 Å². The highest BCUT2D eigenvalue weighted by molar-refractivity contribution is 7.16. The first-order valence-corrected chi connectivity index (χ1v) is 15.2. The van der Waals surface area contributed by atoms with Gasteiger partial charge in [0.15, 0.2) is 16.8 Å². The number of thiazole rings is 1. The molecule has 0 unspecified atom stereocenters. The van der Waals surface area contributed by atoms with E-state index in [2.05, 4.69) is 39.0 Å². The standard InChI is InChI=1S/C28H32ClF4N7O2S.CH4/c1-16-3-4-17(2)40(16)14-21-24(18-11-19(28(31,32)33)13-20(29)12-18)36-27(43-21)37-25-23(30)26(35-15-34-25)39-9-7-38(8-10-39)6-5-22(41)42;/h11-13,15-17H,3-10,14H2,1-2H3,(H,41,42)(H,34,35,36,37);1H4/t16-,17-;/m1./s1. The minimum Gasteiger partial charge on any atom is -0.481 e. The van der Waals surface area contributed by atoms with Gasteiger partial charge in [-0.15, -0.1) is 0 Å². The Hall–Kier alpha value is -3.07. The molecule has 2 aliphatic rings. The molecule has 4 heterocycles. The topological polar surface area (TPSA) is 97.7 Å². The summed E-state index contributed by atoms with van der Waals surface area (Å²) in [5, 5.41) is 12.1. The molecule has 0 bridgehead atoms. The van der Waals surface area contributed by atoms with Crippen molar-refractivity contribution in [2.45, 2.75) is 65.3 Å². The van der Waals surface area contributed by atoms with Crippen LogP contribution in [0.1, 0.15) is 51.0 Å². The molecule has 2 atom stereocenters. The van der Waals surface area contributed by atoms with Crippen molar-refractivity contribution < 1.29 is 27.5 Å². The van der Waals surface area contributed by atoms with Crippen molar-refractivity contribution in [2.24, 2.45) is 0 Å². The van der Waals surface area contributed by atoms with E-state index in [4.69, 9.17) is 16.7 Å². The van der Waals surface area contributed by atoms with Crippen molar-refractivity contribution >= 4 is 45.7 Å². The van der Waals surface area contributed by atoms with E-state index in [0.29, 0.717) is 45.0 Å². The van der Waals surface area contributed by atoms with Crippen LogP contribution in [0.15, 0.2) is 24.5 Å². The van der Waals surface area contributed by atoms with Crippen LogP contribution in [-0.4, -0.2) is 80.6 Å². The molecule has 0 spiro atoms. The summed E-state index contributed by atoms with van der Waals surface area (Å²) in [6.45, 7) is 7.17. The van der Waals surface area contributed by atoms with Crippen LogP contribution >= 0.6 is 22.9 Å². The van der Waals surface area contributed by atoms with E-state index in [9.17, 15) is 18.0 Å². The molecule has 2 N–H and O–H groups in total. The van der Waals surface area contributed by atoms with E-state index in [-0.39, 0.29) is 53.3 Å². The van der Waals surface area contributed by atoms with E-state index in [1.807, 2.05) is 4.90 Å². The molecule has 5 rings (SSSR count). The van der Waals surface area contributed by atoms with Crippen molar-refractivity contribution in [1.29, 1.82) is 0 Å². The summed E-state index contributed by atoms with van der Waals surface area (Å²) in [6.07, 6.45) is -1.28. The molecule has 0 aliphatic carbocycles. The van der Waals surface area contributed by atoms with Gasteiger partial charge >= 0.3 is 12.1 Å². The van der Waals surface area contributed by atoms with Crippen molar-refractivity contribution in [1.82, 2.24) is 24.8 Å².